The molecule has 0 bridgehead atoms. The highest BCUT2D eigenvalue weighted by atomic mass is 32.1. The summed E-state index contributed by atoms with van der Waals surface area (Å²) in [7, 11) is 1.65. The first-order valence-electron chi connectivity index (χ1n) is 9.67. The van der Waals surface area contributed by atoms with Crippen molar-refractivity contribution in [3.05, 3.63) is 52.1 Å². The van der Waals surface area contributed by atoms with E-state index in [-0.39, 0.29) is 5.57 Å². The number of ether oxygens (including phenoxy) is 1. The Hall–Kier alpha value is -2.54. The van der Waals surface area contributed by atoms with Gasteiger partial charge >= 0.3 is 0 Å². The number of primary amides is 1. The summed E-state index contributed by atoms with van der Waals surface area (Å²) >= 11 is 1.36. The fraction of sp³-hybridized carbons (Fsp3) is 0.409. The molecular formula is C22H26FN3O2S. The van der Waals surface area contributed by atoms with Gasteiger partial charge in [0.15, 0.2) is 0 Å². The number of halogens is 1. The standard InChI is InChI=1S/C22H26FN3O2S/c1-5-6-9-22(10-7-8-16(18(22)23)19(24)27)21-26-25-20(29-21)15-11-13(2)17(28-4)14(3)12-15/h7-8,10-12,18H,5-6,9H2,1-4H3,(H2,24,27). The van der Waals surface area contributed by atoms with Crippen LogP contribution in [0.25, 0.3) is 10.6 Å². The van der Waals surface area contributed by atoms with Crippen LogP contribution < -0.4 is 10.5 Å². The Morgan fingerprint density at radius 3 is 2.59 bits per heavy atom. The minimum atomic E-state index is -1.54. The molecule has 0 radical (unpaired) electrons. The number of nitrogens with two attached hydrogens (primary N) is 1. The summed E-state index contributed by atoms with van der Waals surface area (Å²) in [4.78, 5) is 11.8. The Morgan fingerprint density at radius 1 is 1.31 bits per heavy atom. The molecule has 5 nitrogen and oxygen atoms in total. The molecule has 1 aromatic heterocycles. The van der Waals surface area contributed by atoms with Gasteiger partial charge in [-0.3, -0.25) is 4.79 Å². The molecule has 1 aliphatic carbocycles. The number of amides is 1. The van der Waals surface area contributed by atoms with Crippen LogP contribution in [-0.2, 0) is 10.2 Å². The Labute approximate surface area is 174 Å². The quantitative estimate of drug-likeness (QED) is 0.718. The molecule has 0 fully saturated rings. The van der Waals surface area contributed by atoms with Gasteiger partial charge in [0.05, 0.1) is 18.1 Å². The molecule has 1 amide bonds. The maximum atomic E-state index is 15.6. The Morgan fingerprint density at radius 2 is 2.00 bits per heavy atom. The molecule has 2 aromatic rings. The lowest BCUT2D eigenvalue weighted by Crippen LogP contribution is -2.41. The number of carbonyl (C=O) groups excluding carboxylic acids is 1. The van der Waals surface area contributed by atoms with Crippen LogP contribution in [0.2, 0.25) is 0 Å². The zero-order chi connectivity index (χ0) is 21.2. The summed E-state index contributed by atoms with van der Waals surface area (Å²) < 4.78 is 21.0. The molecule has 1 aromatic carbocycles. The molecule has 29 heavy (non-hydrogen) atoms. The third kappa shape index (κ3) is 3.83. The van der Waals surface area contributed by atoms with E-state index < -0.39 is 17.5 Å². The largest absolute Gasteiger partial charge is 0.496 e. The van der Waals surface area contributed by atoms with Crippen LogP contribution in [0.5, 0.6) is 5.75 Å². The zero-order valence-electron chi connectivity index (χ0n) is 17.2. The van der Waals surface area contributed by atoms with E-state index in [0.29, 0.717) is 16.4 Å². The average Bonchev–Trinajstić information content (AvgIpc) is 3.17. The van der Waals surface area contributed by atoms with Crippen molar-refractivity contribution in [2.45, 2.75) is 51.6 Å². The van der Waals surface area contributed by atoms with Crippen LogP contribution in [0.4, 0.5) is 4.39 Å². The van der Waals surface area contributed by atoms with Crippen LogP contribution >= 0.6 is 11.3 Å². The van der Waals surface area contributed by atoms with E-state index in [9.17, 15) is 4.79 Å². The number of aryl methyl sites for hydroxylation is 2. The first kappa shape index (κ1) is 21.2. The van der Waals surface area contributed by atoms with E-state index in [2.05, 4.69) is 10.2 Å². The van der Waals surface area contributed by atoms with Crippen molar-refractivity contribution in [1.29, 1.82) is 0 Å². The third-order valence-electron chi connectivity index (χ3n) is 5.36. The van der Waals surface area contributed by atoms with Gasteiger partial charge in [-0.1, -0.05) is 49.3 Å². The lowest BCUT2D eigenvalue weighted by molar-refractivity contribution is -0.115. The minimum absolute atomic E-state index is 0.0171. The van der Waals surface area contributed by atoms with Crippen LogP contribution in [0.3, 0.4) is 0 Å². The second kappa shape index (κ2) is 8.45. The van der Waals surface area contributed by atoms with Gasteiger partial charge in [0.1, 0.15) is 21.9 Å². The predicted octanol–water partition coefficient (Wildman–Crippen LogP) is 4.58. The predicted molar refractivity (Wildman–Crippen MR) is 114 cm³/mol. The van der Waals surface area contributed by atoms with Crippen molar-refractivity contribution in [2.75, 3.05) is 7.11 Å². The second-order valence-electron chi connectivity index (χ2n) is 7.41. The number of unbranched alkanes of at least 4 members (excludes halogenated alkanes) is 1. The zero-order valence-corrected chi connectivity index (χ0v) is 18.0. The topological polar surface area (TPSA) is 78.1 Å². The van der Waals surface area contributed by atoms with Gasteiger partial charge < -0.3 is 10.5 Å². The van der Waals surface area contributed by atoms with Gasteiger partial charge in [0.25, 0.3) is 0 Å². The molecule has 1 heterocycles. The van der Waals surface area contributed by atoms with Crippen molar-refractivity contribution in [2.24, 2.45) is 5.73 Å². The van der Waals surface area contributed by atoms with Gasteiger partial charge in [-0.15, -0.1) is 10.2 Å². The number of aromatic nitrogens is 2. The number of carbonyl (C=O) groups is 1. The minimum Gasteiger partial charge on any atom is -0.496 e. The molecule has 2 unspecified atom stereocenters. The number of allylic oxidation sites excluding steroid dienone is 3. The smallest absolute Gasteiger partial charge is 0.247 e. The second-order valence-corrected chi connectivity index (χ2v) is 8.39. The van der Waals surface area contributed by atoms with Gasteiger partial charge in [-0.2, -0.15) is 0 Å². The van der Waals surface area contributed by atoms with E-state index in [4.69, 9.17) is 10.5 Å². The Kier molecular flexibility index (Phi) is 6.17. The number of rotatable bonds is 7. The number of benzene rings is 1. The van der Waals surface area contributed by atoms with Gasteiger partial charge in [0.2, 0.25) is 5.91 Å². The highest BCUT2D eigenvalue weighted by molar-refractivity contribution is 7.14. The van der Waals surface area contributed by atoms with Crippen molar-refractivity contribution in [1.82, 2.24) is 10.2 Å². The summed E-state index contributed by atoms with van der Waals surface area (Å²) in [5.74, 6) is 0.0991. The molecule has 2 atom stereocenters. The van der Waals surface area contributed by atoms with E-state index in [0.717, 1.165) is 35.3 Å². The fourth-order valence-electron chi connectivity index (χ4n) is 3.87. The van der Waals surface area contributed by atoms with Crippen LogP contribution in [0, 0.1) is 13.8 Å². The maximum absolute atomic E-state index is 15.6. The molecule has 7 heteroatoms. The maximum Gasteiger partial charge on any atom is 0.247 e. The number of nitrogens with zero attached hydrogens (tertiary/aromatic N) is 2. The molecule has 1 aliphatic rings. The van der Waals surface area contributed by atoms with E-state index in [1.54, 1.807) is 19.3 Å². The highest BCUT2D eigenvalue weighted by Gasteiger charge is 2.46. The molecule has 0 saturated carbocycles. The SMILES string of the molecule is CCCCC1(c2nnc(-c3cc(C)c(OC)c(C)c3)s2)C=CC=C(C(N)=O)C1F. The molecule has 0 spiro atoms. The molecule has 0 saturated heterocycles. The van der Waals surface area contributed by atoms with Gasteiger partial charge in [-0.25, -0.2) is 4.39 Å². The van der Waals surface area contributed by atoms with Crippen LogP contribution in [0.15, 0.2) is 35.9 Å². The number of hydrogen-bond donors (Lipinski definition) is 1. The lowest BCUT2D eigenvalue weighted by atomic mass is 9.73. The average molecular weight is 416 g/mol. The highest BCUT2D eigenvalue weighted by Crippen LogP contribution is 2.44. The van der Waals surface area contributed by atoms with Crippen LogP contribution in [-0.4, -0.2) is 29.4 Å². The van der Waals surface area contributed by atoms with Crippen molar-refractivity contribution in [3.63, 3.8) is 0 Å². The summed E-state index contributed by atoms with van der Waals surface area (Å²) in [6, 6.07) is 3.99. The summed E-state index contributed by atoms with van der Waals surface area (Å²) in [5.41, 5.74) is 7.29. The van der Waals surface area contributed by atoms with Crippen molar-refractivity contribution in [3.8, 4) is 16.3 Å². The first-order chi connectivity index (χ1) is 13.8. The van der Waals surface area contributed by atoms with E-state index >= 15 is 4.39 Å². The van der Waals surface area contributed by atoms with Gasteiger partial charge in [0, 0.05) is 5.56 Å². The summed E-state index contributed by atoms with van der Waals surface area (Å²) in [6.45, 7) is 6.00. The van der Waals surface area contributed by atoms with E-state index in [1.165, 1.54) is 17.4 Å². The summed E-state index contributed by atoms with van der Waals surface area (Å²) in [5, 5.41) is 9.97. The normalized spacial score (nSPS) is 21.1. The molecule has 154 valence electrons. The molecular weight excluding hydrogens is 389 g/mol. The fourth-order valence-corrected chi connectivity index (χ4v) is 4.91. The number of methoxy groups -OCH3 is 1. The summed E-state index contributed by atoms with van der Waals surface area (Å²) in [6.07, 6.45) is 5.64. The number of hydrogen-bond acceptors (Lipinski definition) is 5. The first-order valence-corrected chi connectivity index (χ1v) is 10.5. The lowest BCUT2D eigenvalue weighted by Gasteiger charge is -2.34. The Bertz CT molecular complexity index is 959. The van der Waals surface area contributed by atoms with Crippen molar-refractivity contribution < 1.29 is 13.9 Å². The molecule has 3 rings (SSSR count). The van der Waals surface area contributed by atoms with Crippen molar-refractivity contribution >= 4 is 17.2 Å². The molecule has 2 N–H and O–H groups in total. The van der Waals surface area contributed by atoms with Crippen LogP contribution in [0.1, 0.15) is 42.3 Å². The van der Waals surface area contributed by atoms with E-state index in [1.807, 2.05) is 32.9 Å². The Balaban J connectivity index is 2.05. The monoisotopic (exact) mass is 415 g/mol. The third-order valence-corrected chi connectivity index (χ3v) is 6.52. The molecule has 0 aliphatic heterocycles. The van der Waals surface area contributed by atoms with Gasteiger partial charge in [-0.05, 0) is 43.5 Å². The number of alkyl halides is 1.